The van der Waals surface area contributed by atoms with E-state index in [1.807, 2.05) is 31.2 Å². The van der Waals surface area contributed by atoms with Gasteiger partial charge < -0.3 is 10.1 Å². The van der Waals surface area contributed by atoms with E-state index < -0.39 is 0 Å². The molecule has 0 aromatic heterocycles. The van der Waals surface area contributed by atoms with Gasteiger partial charge in [0.05, 0.1) is 0 Å². The van der Waals surface area contributed by atoms with Crippen LogP contribution in [0.4, 0.5) is 5.69 Å². The molecule has 1 aromatic rings. The van der Waals surface area contributed by atoms with Crippen molar-refractivity contribution in [1.29, 1.82) is 0 Å². The molecule has 0 bridgehead atoms. The number of para-hydroxylation sites is 1. The number of benzene rings is 1. The smallest absolute Gasteiger partial charge is 0.224 e. The van der Waals surface area contributed by atoms with Crippen molar-refractivity contribution in [3.63, 3.8) is 0 Å². The van der Waals surface area contributed by atoms with Gasteiger partial charge in [-0.25, -0.2) is 0 Å². The third-order valence-corrected chi connectivity index (χ3v) is 3.54. The minimum absolute atomic E-state index is 0.121. The Labute approximate surface area is 109 Å². The van der Waals surface area contributed by atoms with E-state index in [1.54, 1.807) is 0 Å². The Kier molecular flexibility index (Phi) is 4.76. The van der Waals surface area contributed by atoms with Gasteiger partial charge in [0.25, 0.3) is 0 Å². The lowest BCUT2D eigenvalue weighted by molar-refractivity contribution is -0.116. The van der Waals surface area contributed by atoms with Crippen LogP contribution in [-0.4, -0.2) is 19.1 Å². The molecule has 0 aliphatic carbocycles. The van der Waals surface area contributed by atoms with E-state index in [-0.39, 0.29) is 5.91 Å². The first-order chi connectivity index (χ1) is 8.75. The van der Waals surface area contributed by atoms with Crippen molar-refractivity contribution < 1.29 is 9.53 Å². The molecule has 0 radical (unpaired) electrons. The minimum atomic E-state index is 0.121. The van der Waals surface area contributed by atoms with Crippen LogP contribution in [0.15, 0.2) is 24.3 Å². The van der Waals surface area contributed by atoms with Crippen molar-refractivity contribution in [2.24, 2.45) is 5.92 Å². The molecule has 3 heteroatoms. The molecule has 0 spiro atoms. The molecule has 1 aromatic carbocycles. The Hall–Kier alpha value is -1.35. The topological polar surface area (TPSA) is 38.3 Å². The summed E-state index contributed by atoms with van der Waals surface area (Å²) in [6, 6.07) is 7.88. The van der Waals surface area contributed by atoms with Gasteiger partial charge in [-0.1, -0.05) is 18.2 Å². The lowest BCUT2D eigenvalue weighted by atomic mass is 9.95. The van der Waals surface area contributed by atoms with Crippen molar-refractivity contribution in [2.75, 3.05) is 18.5 Å². The molecule has 3 nitrogen and oxygen atoms in total. The largest absolute Gasteiger partial charge is 0.381 e. The SMILES string of the molecule is Cc1ccccc1NC(=O)CCC1CCOCC1. The van der Waals surface area contributed by atoms with Crippen LogP contribution < -0.4 is 5.32 Å². The van der Waals surface area contributed by atoms with Gasteiger partial charge in [0, 0.05) is 25.3 Å². The molecule has 1 aliphatic heterocycles. The van der Waals surface area contributed by atoms with Crippen molar-refractivity contribution >= 4 is 11.6 Å². The molecule has 0 saturated carbocycles. The van der Waals surface area contributed by atoms with Crippen LogP contribution in [0.3, 0.4) is 0 Å². The Bertz CT molecular complexity index is 397. The fourth-order valence-corrected chi connectivity index (χ4v) is 2.30. The maximum absolute atomic E-state index is 11.9. The number of nitrogens with one attached hydrogen (secondary N) is 1. The average molecular weight is 247 g/mol. The van der Waals surface area contributed by atoms with Crippen LogP contribution in [0, 0.1) is 12.8 Å². The van der Waals surface area contributed by atoms with E-state index in [1.165, 1.54) is 0 Å². The molecule has 1 N–H and O–H groups in total. The second-order valence-corrected chi connectivity index (χ2v) is 4.96. The highest BCUT2D eigenvalue weighted by molar-refractivity contribution is 5.91. The van der Waals surface area contributed by atoms with E-state index in [0.29, 0.717) is 12.3 Å². The van der Waals surface area contributed by atoms with Crippen LogP contribution >= 0.6 is 0 Å². The zero-order valence-corrected chi connectivity index (χ0v) is 10.9. The molecule has 98 valence electrons. The number of amides is 1. The predicted molar refractivity (Wildman–Crippen MR) is 72.6 cm³/mol. The van der Waals surface area contributed by atoms with Crippen molar-refractivity contribution in [3.8, 4) is 0 Å². The molecule has 1 amide bonds. The van der Waals surface area contributed by atoms with E-state index in [0.717, 1.165) is 43.7 Å². The summed E-state index contributed by atoms with van der Waals surface area (Å²) in [6.07, 6.45) is 3.77. The standard InChI is InChI=1S/C15H21NO2/c1-12-4-2-3-5-14(12)16-15(17)7-6-13-8-10-18-11-9-13/h2-5,13H,6-11H2,1H3,(H,16,17). The molecule has 0 unspecified atom stereocenters. The third-order valence-electron chi connectivity index (χ3n) is 3.54. The fourth-order valence-electron chi connectivity index (χ4n) is 2.30. The first kappa shape index (κ1) is 13.1. The summed E-state index contributed by atoms with van der Waals surface area (Å²) >= 11 is 0. The number of rotatable bonds is 4. The van der Waals surface area contributed by atoms with Crippen molar-refractivity contribution in [3.05, 3.63) is 29.8 Å². The number of aryl methyl sites for hydroxylation is 1. The maximum atomic E-state index is 11.9. The van der Waals surface area contributed by atoms with E-state index >= 15 is 0 Å². The molecule has 1 aliphatic rings. The van der Waals surface area contributed by atoms with E-state index in [4.69, 9.17) is 4.74 Å². The highest BCUT2D eigenvalue weighted by atomic mass is 16.5. The third kappa shape index (κ3) is 3.84. The molecule has 1 saturated heterocycles. The van der Waals surface area contributed by atoms with Crippen molar-refractivity contribution in [2.45, 2.75) is 32.6 Å². The van der Waals surface area contributed by atoms with E-state index in [2.05, 4.69) is 5.32 Å². The molecule has 1 heterocycles. The van der Waals surface area contributed by atoms with Gasteiger partial charge in [0.1, 0.15) is 0 Å². The summed E-state index contributed by atoms with van der Waals surface area (Å²) in [5, 5.41) is 2.98. The monoisotopic (exact) mass is 247 g/mol. The summed E-state index contributed by atoms with van der Waals surface area (Å²) in [6.45, 7) is 3.71. The first-order valence-corrected chi connectivity index (χ1v) is 6.69. The van der Waals surface area contributed by atoms with Gasteiger partial charge in [0.15, 0.2) is 0 Å². The lowest BCUT2D eigenvalue weighted by Gasteiger charge is -2.21. The van der Waals surface area contributed by atoms with Gasteiger partial charge >= 0.3 is 0 Å². The number of anilines is 1. The summed E-state index contributed by atoms with van der Waals surface area (Å²) in [7, 11) is 0. The van der Waals surface area contributed by atoms with Gasteiger partial charge in [-0.05, 0) is 43.7 Å². The number of carbonyl (C=O) groups is 1. The Balaban J connectivity index is 1.76. The molecular formula is C15H21NO2. The van der Waals surface area contributed by atoms with Gasteiger partial charge in [-0.2, -0.15) is 0 Å². The Morgan fingerprint density at radius 2 is 2.06 bits per heavy atom. The predicted octanol–water partition coefficient (Wildman–Crippen LogP) is 3.14. The molecule has 18 heavy (non-hydrogen) atoms. The summed E-state index contributed by atoms with van der Waals surface area (Å²) in [5.41, 5.74) is 2.03. The van der Waals surface area contributed by atoms with Crippen LogP contribution in [0.2, 0.25) is 0 Å². The Morgan fingerprint density at radius 3 is 2.78 bits per heavy atom. The summed E-state index contributed by atoms with van der Waals surface area (Å²) in [4.78, 5) is 11.9. The van der Waals surface area contributed by atoms with Crippen molar-refractivity contribution in [1.82, 2.24) is 0 Å². The van der Waals surface area contributed by atoms with E-state index in [9.17, 15) is 4.79 Å². The minimum Gasteiger partial charge on any atom is -0.381 e. The number of carbonyl (C=O) groups excluding carboxylic acids is 1. The molecule has 1 fully saturated rings. The zero-order chi connectivity index (χ0) is 12.8. The normalized spacial score (nSPS) is 16.5. The lowest BCUT2D eigenvalue weighted by Crippen LogP contribution is -2.19. The molecule has 0 atom stereocenters. The average Bonchev–Trinajstić information content (AvgIpc) is 2.40. The quantitative estimate of drug-likeness (QED) is 0.887. The van der Waals surface area contributed by atoms with Crippen LogP contribution in [0.25, 0.3) is 0 Å². The number of ether oxygens (including phenoxy) is 1. The zero-order valence-electron chi connectivity index (χ0n) is 10.9. The highest BCUT2D eigenvalue weighted by Crippen LogP contribution is 2.20. The first-order valence-electron chi connectivity index (χ1n) is 6.69. The van der Waals surface area contributed by atoms with Crippen LogP contribution in [0.5, 0.6) is 0 Å². The van der Waals surface area contributed by atoms with Crippen LogP contribution in [0.1, 0.15) is 31.2 Å². The number of hydrogen-bond donors (Lipinski definition) is 1. The second-order valence-electron chi connectivity index (χ2n) is 4.96. The summed E-state index contributed by atoms with van der Waals surface area (Å²) < 4.78 is 5.32. The highest BCUT2D eigenvalue weighted by Gasteiger charge is 2.15. The van der Waals surface area contributed by atoms with Crippen LogP contribution in [-0.2, 0) is 9.53 Å². The summed E-state index contributed by atoms with van der Waals surface area (Å²) in [5.74, 6) is 0.775. The van der Waals surface area contributed by atoms with Gasteiger partial charge in [-0.3, -0.25) is 4.79 Å². The molecule has 2 rings (SSSR count). The number of hydrogen-bond acceptors (Lipinski definition) is 2. The van der Waals surface area contributed by atoms with Gasteiger partial charge in [0.2, 0.25) is 5.91 Å². The maximum Gasteiger partial charge on any atom is 0.224 e. The fraction of sp³-hybridized carbons (Fsp3) is 0.533. The second kappa shape index (κ2) is 6.55. The Morgan fingerprint density at radius 1 is 1.33 bits per heavy atom. The van der Waals surface area contributed by atoms with Gasteiger partial charge in [-0.15, -0.1) is 0 Å². The molecular weight excluding hydrogens is 226 g/mol.